The first-order chi connectivity index (χ1) is 8.82. The summed E-state index contributed by atoms with van der Waals surface area (Å²) in [7, 11) is -3.70. The zero-order valence-corrected chi connectivity index (χ0v) is 13.0. The molecule has 0 amide bonds. The predicted octanol–water partition coefficient (Wildman–Crippen LogP) is 2.79. The van der Waals surface area contributed by atoms with Crippen molar-refractivity contribution in [1.82, 2.24) is 4.31 Å². The molecule has 1 aromatic carbocycles. The minimum absolute atomic E-state index is 0.0281. The van der Waals surface area contributed by atoms with Crippen molar-refractivity contribution in [3.05, 3.63) is 28.2 Å². The molecule has 1 fully saturated rings. The van der Waals surface area contributed by atoms with Gasteiger partial charge in [0.1, 0.15) is 4.90 Å². The van der Waals surface area contributed by atoms with Gasteiger partial charge in [0.05, 0.1) is 22.3 Å². The summed E-state index contributed by atoms with van der Waals surface area (Å²) in [6, 6.07) is 4.66. The third-order valence-electron chi connectivity index (χ3n) is 2.90. The Balaban J connectivity index is 2.42. The molecule has 4 nitrogen and oxygen atoms in total. The third-order valence-corrected chi connectivity index (χ3v) is 5.69. The Morgan fingerprint density at radius 2 is 1.63 bits per heavy atom. The largest absolute Gasteiger partial charge is 0.373 e. The second kappa shape index (κ2) is 5.58. The molecule has 0 unspecified atom stereocenters. The normalized spacial score (nSPS) is 25.5. The summed E-state index contributed by atoms with van der Waals surface area (Å²) in [6.07, 6.45) is -0.306. The highest BCUT2D eigenvalue weighted by atomic mass is 35.5. The zero-order chi connectivity index (χ0) is 14.2. The van der Waals surface area contributed by atoms with Gasteiger partial charge in [-0.2, -0.15) is 4.31 Å². The summed E-state index contributed by atoms with van der Waals surface area (Å²) in [4.78, 5) is -0.0281. The highest BCUT2D eigenvalue weighted by molar-refractivity contribution is 7.89. The van der Waals surface area contributed by atoms with Crippen LogP contribution in [0.4, 0.5) is 0 Å². The van der Waals surface area contributed by atoms with E-state index in [1.165, 1.54) is 16.4 Å². The molecule has 0 aliphatic carbocycles. The van der Waals surface area contributed by atoms with Crippen molar-refractivity contribution in [2.24, 2.45) is 0 Å². The standard InChI is InChI=1S/C12H15Cl2NO3S/c1-8-6-15(7-9(2)18-8)19(16,17)12-10(13)4-3-5-11(12)14/h3-5,8-9H,6-7H2,1-2H3/t8-,9-/m1/s1. The lowest BCUT2D eigenvalue weighted by molar-refractivity contribution is -0.0440. The Morgan fingerprint density at radius 1 is 1.16 bits per heavy atom. The highest BCUT2D eigenvalue weighted by Crippen LogP contribution is 2.32. The summed E-state index contributed by atoms with van der Waals surface area (Å²) >= 11 is 12.0. The molecular weight excluding hydrogens is 309 g/mol. The summed E-state index contributed by atoms with van der Waals surface area (Å²) in [5.74, 6) is 0. The van der Waals surface area contributed by atoms with Gasteiger partial charge in [-0.05, 0) is 26.0 Å². The maximum Gasteiger partial charge on any atom is 0.246 e. The van der Waals surface area contributed by atoms with Crippen LogP contribution < -0.4 is 0 Å². The van der Waals surface area contributed by atoms with Crippen molar-refractivity contribution in [1.29, 1.82) is 0 Å². The third kappa shape index (κ3) is 3.06. The fraction of sp³-hybridized carbons (Fsp3) is 0.500. The minimum atomic E-state index is -3.70. The highest BCUT2D eigenvalue weighted by Gasteiger charge is 2.34. The van der Waals surface area contributed by atoms with Gasteiger partial charge in [0.25, 0.3) is 0 Å². The van der Waals surface area contributed by atoms with Crippen LogP contribution in [0.25, 0.3) is 0 Å². The van der Waals surface area contributed by atoms with Gasteiger partial charge < -0.3 is 4.74 Å². The first kappa shape index (κ1) is 15.1. The molecule has 2 rings (SSSR count). The molecule has 7 heteroatoms. The topological polar surface area (TPSA) is 46.6 Å². The predicted molar refractivity (Wildman–Crippen MR) is 75.2 cm³/mol. The van der Waals surface area contributed by atoms with Gasteiger partial charge in [-0.1, -0.05) is 29.3 Å². The van der Waals surface area contributed by atoms with E-state index in [9.17, 15) is 8.42 Å². The van der Waals surface area contributed by atoms with E-state index in [-0.39, 0.29) is 27.1 Å². The number of rotatable bonds is 2. The Hall–Kier alpha value is -0.330. The van der Waals surface area contributed by atoms with E-state index in [0.717, 1.165) is 0 Å². The van der Waals surface area contributed by atoms with Crippen molar-refractivity contribution in [3.63, 3.8) is 0 Å². The Morgan fingerprint density at radius 3 is 2.11 bits per heavy atom. The summed E-state index contributed by atoms with van der Waals surface area (Å²) < 4.78 is 32.2. The Kier molecular flexibility index (Phi) is 4.42. The van der Waals surface area contributed by atoms with Gasteiger partial charge in [-0.3, -0.25) is 0 Å². The van der Waals surface area contributed by atoms with Crippen LogP contribution in [0.1, 0.15) is 13.8 Å². The average molecular weight is 324 g/mol. The lowest BCUT2D eigenvalue weighted by Gasteiger charge is -2.34. The second-order valence-electron chi connectivity index (χ2n) is 4.63. The van der Waals surface area contributed by atoms with Crippen LogP contribution in [0.3, 0.4) is 0 Å². The molecule has 1 aliphatic heterocycles. The Labute approximate surface area is 123 Å². The van der Waals surface area contributed by atoms with Crippen molar-refractivity contribution in [3.8, 4) is 0 Å². The smallest absolute Gasteiger partial charge is 0.246 e. The Bertz CT molecular complexity index is 546. The molecule has 0 N–H and O–H groups in total. The summed E-state index contributed by atoms with van der Waals surface area (Å²) in [5.41, 5.74) is 0. The van der Waals surface area contributed by atoms with Gasteiger partial charge >= 0.3 is 0 Å². The van der Waals surface area contributed by atoms with Crippen LogP contribution >= 0.6 is 23.2 Å². The lowest BCUT2D eigenvalue weighted by atomic mass is 10.3. The molecule has 0 spiro atoms. The van der Waals surface area contributed by atoms with Gasteiger partial charge in [-0.15, -0.1) is 0 Å². The van der Waals surface area contributed by atoms with Crippen LogP contribution in [0, 0.1) is 0 Å². The quantitative estimate of drug-likeness (QED) is 0.840. The first-order valence-corrected chi connectivity index (χ1v) is 8.11. The molecule has 2 atom stereocenters. The van der Waals surface area contributed by atoms with Gasteiger partial charge in [0.2, 0.25) is 10.0 Å². The van der Waals surface area contributed by atoms with Crippen LogP contribution in [-0.2, 0) is 14.8 Å². The summed E-state index contributed by atoms with van der Waals surface area (Å²) in [5, 5.41) is 0.276. The van der Waals surface area contributed by atoms with E-state index in [1.807, 2.05) is 13.8 Å². The van der Waals surface area contributed by atoms with Gasteiger partial charge in [-0.25, -0.2) is 8.42 Å². The molecule has 1 heterocycles. The number of morpholine rings is 1. The SMILES string of the molecule is C[C@@H]1CN(S(=O)(=O)c2c(Cl)cccc2Cl)C[C@@H](C)O1. The second-order valence-corrected chi connectivity index (χ2v) is 7.32. The number of halogens is 2. The monoisotopic (exact) mass is 323 g/mol. The van der Waals surface area contributed by atoms with Crippen molar-refractivity contribution in [2.45, 2.75) is 31.0 Å². The fourth-order valence-electron chi connectivity index (χ4n) is 2.19. The summed E-state index contributed by atoms with van der Waals surface area (Å²) in [6.45, 7) is 4.28. The number of ether oxygens (including phenoxy) is 1. The van der Waals surface area contributed by atoms with E-state index >= 15 is 0 Å². The van der Waals surface area contributed by atoms with E-state index in [2.05, 4.69) is 0 Å². The molecule has 1 saturated heterocycles. The molecule has 0 radical (unpaired) electrons. The number of hydrogen-bond donors (Lipinski definition) is 0. The molecular formula is C12H15Cl2NO3S. The number of benzene rings is 1. The van der Waals surface area contributed by atoms with E-state index in [4.69, 9.17) is 27.9 Å². The van der Waals surface area contributed by atoms with E-state index in [0.29, 0.717) is 13.1 Å². The van der Waals surface area contributed by atoms with Gasteiger partial charge in [0, 0.05) is 13.1 Å². The molecule has 0 bridgehead atoms. The molecule has 0 aromatic heterocycles. The van der Waals surface area contributed by atoms with Crippen LogP contribution in [0.5, 0.6) is 0 Å². The van der Waals surface area contributed by atoms with Crippen molar-refractivity contribution >= 4 is 33.2 Å². The van der Waals surface area contributed by atoms with Crippen LogP contribution in [0.2, 0.25) is 10.0 Å². The first-order valence-electron chi connectivity index (χ1n) is 5.92. The van der Waals surface area contributed by atoms with Crippen LogP contribution in [0.15, 0.2) is 23.1 Å². The lowest BCUT2D eigenvalue weighted by Crippen LogP contribution is -2.48. The molecule has 106 valence electrons. The number of nitrogens with zero attached hydrogens (tertiary/aromatic N) is 1. The zero-order valence-electron chi connectivity index (χ0n) is 10.6. The average Bonchev–Trinajstić information content (AvgIpc) is 2.26. The van der Waals surface area contributed by atoms with Crippen molar-refractivity contribution < 1.29 is 13.2 Å². The molecule has 0 saturated carbocycles. The fourth-order valence-corrected chi connectivity index (χ4v) is 4.87. The van der Waals surface area contributed by atoms with E-state index < -0.39 is 10.0 Å². The number of hydrogen-bond acceptors (Lipinski definition) is 3. The maximum absolute atomic E-state index is 12.6. The molecule has 1 aliphatic rings. The van der Waals surface area contributed by atoms with Gasteiger partial charge in [0.15, 0.2) is 0 Å². The molecule has 1 aromatic rings. The van der Waals surface area contributed by atoms with E-state index in [1.54, 1.807) is 6.07 Å². The minimum Gasteiger partial charge on any atom is -0.373 e. The number of sulfonamides is 1. The van der Waals surface area contributed by atoms with Crippen molar-refractivity contribution in [2.75, 3.05) is 13.1 Å². The van der Waals surface area contributed by atoms with Crippen LogP contribution in [-0.4, -0.2) is 38.0 Å². The molecule has 19 heavy (non-hydrogen) atoms. The maximum atomic E-state index is 12.6.